The van der Waals surface area contributed by atoms with Crippen LogP contribution in [0.1, 0.15) is 32.4 Å². The third-order valence-electron chi connectivity index (χ3n) is 3.96. The Hall–Kier alpha value is -2.23. The number of nitrogens with zero attached hydrogens (tertiary/aromatic N) is 2. The van der Waals surface area contributed by atoms with Gasteiger partial charge in [0.2, 0.25) is 0 Å². The maximum atomic E-state index is 13.0. The standard InChI is InChI=1S/C17H12F6N2OS/c18-16(19,20)12-6-11(7-13(8-12)17(21,22)23)14(26)25-4-5-27-15(25)10-2-1-3-24-9-10/h1-3,6-9,15H,4-5H2/t15-/m0/s1. The molecule has 0 saturated carbocycles. The molecule has 1 fully saturated rings. The first-order chi connectivity index (χ1) is 12.6. The predicted molar refractivity (Wildman–Crippen MR) is 86.9 cm³/mol. The van der Waals surface area contributed by atoms with E-state index in [1.807, 2.05) is 0 Å². The minimum atomic E-state index is -5.00. The van der Waals surface area contributed by atoms with E-state index in [2.05, 4.69) is 4.98 Å². The van der Waals surface area contributed by atoms with Crippen molar-refractivity contribution in [3.05, 3.63) is 65.0 Å². The maximum absolute atomic E-state index is 13.0. The van der Waals surface area contributed by atoms with Crippen molar-refractivity contribution in [2.24, 2.45) is 0 Å². The first kappa shape index (κ1) is 19.5. The summed E-state index contributed by atoms with van der Waals surface area (Å²) in [4.78, 5) is 17.9. The van der Waals surface area contributed by atoms with Crippen LogP contribution in [0.15, 0.2) is 42.7 Å². The zero-order valence-electron chi connectivity index (χ0n) is 13.5. The quantitative estimate of drug-likeness (QED) is 0.658. The molecule has 1 atom stereocenters. The molecule has 0 bridgehead atoms. The lowest BCUT2D eigenvalue weighted by Crippen LogP contribution is -2.31. The molecule has 1 aromatic carbocycles. The Morgan fingerprint density at radius 3 is 2.22 bits per heavy atom. The number of amides is 1. The Morgan fingerprint density at radius 1 is 1.07 bits per heavy atom. The number of benzene rings is 1. The van der Waals surface area contributed by atoms with Crippen molar-refractivity contribution in [2.75, 3.05) is 12.3 Å². The number of hydrogen-bond donors (Lipinski definition) is 0. The monoisotopic (exact) mass is 406 g/mol. The molecular weight excluding hydrogens is 394 g/mol. The zero-order chi connectivity index (χ0) is 19.8. The summed E-state index contributed by atoms with van der Waals surface area (Å²) < 4.78 is 78.1. The summed E-state index contributed by atoms with van der Waals surface area (Å²) in [6.07, 6.45) is -6.97. The Balaban J connectivity index is 2.01. The van der Waals surface area contributed by atoms with Gasteiger partial charge in [0.25, 0.3) is 5.91 Å². The molecule has 3 nitrogen and oxygen atoms in total. The summed E-state index contributed by atoms with van der Waals surface area (Å²) in [6.45, 7) is 0.209. The molecule has 2 aromatic rings. The molecule has 1 saturated heterocycles. The normalized spacial score (nSPS) is 18.0. The van der Waals surface area contributed by atoms with Crippen molar-refractivity contribution < 1.29 is 31.1 Å². The first-order valence-corrected chi connectivity index (χ1v) is 8.74. The molecule has 3 rings (SSSR count). The van der Waals surface area contributed by atoms with Crippen LogP contribution in [0.3, 0.4) is 0 Å². The molecular formula is C17H12F6N2OS. The van der Waals surface area contributed by atoms with Gasteiger partial charge in [-0.3, -0.25) is 9.78 Å². The molecule has 1 amide bonds. The SMILES string of the molecule is O=C(c1cc(C(F)(F)F)cc(C(F)(F)F)c1)N1CCS[C@H]1c1cccnc1. The van der Waals surface area contributed by atoms with E-state index in [-0.39, 0.29) is 12.6 Å². The summed E-state index contributed by atoms with van der Waals surface area (Å²) in [5.41, 5.74) is -3.01. The largest absolute Gasteiger partial charge is 0.416 e. The predicted octanol–water partition coefficient (Wildman–Crippen LogP) is 5.01. The molecule has 27 heavy (non-hydrogen) atoms. The van der Waals surface area contributed by atoms with Gasteiger partial charge in [0.05, 0.1) is 11.1 Å². The van der Waals surface area contributed by atoms with Crippen LogP contribution in [0.5, 0.6) is 0 Å². The summed E-state index contributed by atoms with van der Waals surface area (Å²) >= 11 is 1.37. The number of thioether (sulfide) groups is 1. The van der Waals surface area contributed by atoms with Gasteiger partial charge in [0, 0.05) is 35.8 Å². The van der Waals surface area contributed by atoms with Crippen LogP contribution in [0.4, 0.5) is 26.3 Å². The van der Waals surface area contributed by atoms with Gasteiger partial charge < -0.3 is 4.90 Å². The number of halogens is 6. The number of rotatable bonds is 2. The lowest BCUT2D eigenvalue weighted by molar-refractivity contribution is -0.143. The second-order valence-corrected chi connectivity index (χ2v) is 6.99. The number of hydrogen-bond acceptors (Lipinski definition) is 3. The van der Waals surface area contributed by atoms with Crippen LogP contribution >= 0.6 is 11.8 Å². The molecule has 0 unspecified atom stereocenters. The van der Waals surface area contributed by atoms with Gasteiger partial charge in [0.15, 0.2) is 0 Å². The summed E-state index contributed by atoms with van der Waals surface area (Å²) in [5, 5.41) is -0.518. The van der Waals surface area contributed by atoms with Gasteiger partial charge in [-0.15, -0.1) is 11.8 Å². The van der Waals surface area contributed by atoms with E-state index in [0.717, 1.165) is 0 Å². The van der Waals surface area contributed by atoms with Gasteiger partial charge in [-0.25, -0.2) is 0 Å². The van der Waals surface area contributed by atoms with Crippen molar-refractivity contribution >= 4 is 17.7 Å². The highest BCUT2D eigenvalue weighted by Gasteiger charge is 2.39. The highest BCUT2D eigenvalue weighted by atomic mass is 32.2. The second kappa shape index (κ2) is 7.06. The van der Waals surface area contributed by atoms with Gasteiger partial charge in [-0.2, -0.15) is 26.3 Å². The third kappa shape index (κ3) is 4.20. The first-order valence-electron chi connectivity index (χ1n) is 7.69. The van der Waals surface area contributed by atoms with Crippen molar-refractivity contribution in [1.29, 1.82) is 0 Å². The van der Waals surface area contributed by atoms with Crippen molar-refractivity contribution in [3.8, 4) is 0 Å². The van der Waals surface area contributed by atoms with Crippen LogP contribution in [-0.2, 0) is 12.4 Å². The van der Waals surface area contributed by atoms with Gasteiger partial charge in [-0.1, -0.05) is 6.07 Å². The van der Waals surface area contributed by atoms with E-state index in [1.165, 1.54) is 29.1 Å². The van der Waals surface area contributed by atoms with Crippen LogP contribution in [0.25, 0.3) is 0 Å². The number of alkyl halides is 6. The molecule has 2 heterocycles. The topological polar surface area (TPSA) is 33.2 Å². The summed E-state index contributed by atoms with van der Waals surface area (Å²) in [5.74, 6) is -0.374. The van der Waals surface area contributed by atoms with Crippen molar-refractivity contribution in [1.82, 2.24) is 9.88 Å². The Bertz CT molecular complexity index is 805. The Morgan fingerprint density at radius 2 is 1.70 bits per heavy atom. The lowest BCUT2D eigenvalue weighted by atomic mass is 10.0. The molecule has 144 valence electrons. The molecule has 0 aliphatic carbocycles. The zero-order valence-corrected chi connectivity index (χ0v) is 14.3. The van der Waals surface area contributed by atoms with E-state index in [1.54, 1.807) is 12.1 Å². The van der Waals surface area contributed by atoms with E-state index in [4.69, 9.17) is 0 Å². The Kier molecular flexibility index (Phi) is 5.11. The Labute approximate surface area is 154 Å². The average Bonchev–Trinajstić information content (AvgIpc) is 3.09. The van der Waals surface area contributed by atoms with Crippen LogP contribution in [0, 0.1) is 0 Å². The molecule has 0 spiro atoms. The van der Waals surface area contributed by atoms with Gasteiger partial charge in [0.1, 0.15) is 5.37 Å². The lowest BCUT2D eigenvalue weighted by Gasteiger charge is -2.24. The van der Waals surface area contributed by atoms with E-state index < -0.39 is 40.3 Å². The minimum absolute atomic E-state index is 0.00805. The molecule has 0 N–H and O–H groups in total. The van der Waals surface area contributed by atoms with Gasteiger partial charge in [-0.05, 0) is 24.3 Å². The van der Waals surface area contributed by atoms with Crippen LogP contribution in [-0.4, -0.2) is 28.1 Å². The molecule has 1 aliphatic heterocycles. The number of carbonyl (C=O) groups excluding carboxylic acids is 1. The fraction of sp³-hybridized carbons (Fsp3) is 0.294. The summed E-state index contributed by atoms with van der Waals surface area (Å²) in [6, 6.07) is 4.27. The maximum Gasteiger partial charge on any atom is 0.416 e. The number of aromatic nitrogens is 1. The molecule has 10 heteroatoms. The second-order valence-electron chi connectivity index (χ2n) is 5.80. The van der Waals surface area contributed by atoms with E-state index in [0.29, 0.717) is 23.4 Å². The fourth-order valence-electron chi connectivity index (χ4n) is 2.72. The van der Waals surface area contributed by atoms with Crippen LogP contribution < -0.4 is 0 Å². The highest BCUT2D eigenvalue weighted by molar-refractivity contribution is 7.99. The fourth-order valence-corrected chi connectivity index (χ4v) is 3.96. The molecule has 1 aromatic heterocycles. The van der Waals surface area contributed by atoms with Crippen molar-refractivity contribution in [3.63, 3.8) is 0 Å². The number of pyridine rings is 1. The minimum Gasteiger partial charge on any atom is -0.322 e. The molecule has 1 aliphatic rings. The third-order valence-corrected chi connectivity index (χ3v) is 5.22. The smallest absolute Gasteiger partial charge is 0.322 e. The van der Waals surface area contributed by atoms with Crippen LogP contribution in [0.2, 0.25) is 0 Å². The van der Waals surface area contributed by atoms with Crippen molar-refractivity contribution in [2.45, 2.75) is 17.7 Å². The van der Waals surface area contributed by atoms with E-state index >= 15 is 0 Å². The van der Waals surface area contributed by atoms with E-state index in [9.17, 15) is 31.1 Å². The number of carbonyl (C=O) groups is 1. The average molecular weight is 406 g/mol. The summed E-state index contributed by atoms with van der Waals surface area (Å²) in [7, 11) is 0. The molecule has 0 radical (unpaired) electrons. The highest BCUT2D eigenvalue weighted by Crippen LogP contribution is 2.40. The van der Waals surface area contributed by atoms with Gasteiger partial charge >= 0.3 is 12.4 Å².